The van der Waals surface area contributed by atoms with Crippen molar-refractivity contribution in [3.63, 3.8) is 0 Å². The van der Waals surface area contributed by atoms with E-state index in [1.54, 1.807) is 16.8 Å². The summed E-state index contributed by atoms with van der Waals surface area (Å²) in [4.78, 5) is 11.4. The van der Waals surface area contributed by atoms with Gasteiger partial charge in [-0.15, -0.1) is 0 Å². The normalized spacial score (nSPS) is 10.4. The molecule has 1 rings (SSSR count). The smallest absolute Gasteiger partial charge is 0.250 e. The molecule has 0 unspecified atom stereocenters. The van der Waals surface area contributed by atoms with E-state index in [1.807, 2.05) is 13.0 Å². The summed E-state index contributed by atoms with van der Waals surface area (Å²) in [6.07, 6.45) is 1.75. The van der Waals surface area contributed by atoms with Crippen molar-refractivity contribution in [2.75, 3.05) is 19.8 Å². The first kappa shape index (κ1) is 10.9. The molecule has 0 aliphatic heterocycles. The summed E-state index contributed by atoms with van der Waals surface area (Å²) in [5.74, 6) is 0. The minimum atomic E-state index is -0.0161. The highest BCUT2D eigenvalue weighted by Crippen LogP contribution is 1.90. The van der Waals surface area contributed by atoms with E-state index in [4.69, 9.17) is 9.84 Å². The van der Waals surface area contributed by atoms with Gasteiger partial charge in [0.05, 0.1) is 19.8 Å². The van der Waals surface area contributed by atoms with E-state index < -0.39 is 0 Å². The SMILES string of the molecule is Cc1ccn(CCOCCO)c(=O)c1. The van der Waals surface area contributed by atoms with Gasteiger partial charge in [-0.1, -0.05) is 0 Å². The molecule has 0 amide bonds. The predicted octanol–water partition coefficient (Wildman–Crippen LogP) is 0.166. The lowest BCUT2D eigenvalue weighted by molar-refractivity contribution is 0.0865. The van der Waals surface area contributed by atoms with Crippen LogP contribution >= 0.6 is 0 Å². The Hall–Kier alpha value is -1.13. The Kier molecular flexibility index (Phi) is 4.35. The Balaban J connectivity index is 2.47. The van der Waals surface area contributed by atoms with E-state index in [2.05, 4.69) is 0 Å². The van der Waals surface area contributed by atoms with Gasteiger partial charge in [-0.05, 0) is 18.6 Å². The monoisotopic (exact) mass is 197 g/mol. The van der Waals surface area contributed by atoms with Gasteiger partial charge in [-0.2, -0.15) is 0 Å². The summed E-state index contributed by atoms with van der Waals surface area (Å²) < 4.78 is 6.65. The quantitative estimate of drug-likeness (QED) is 0.684. The molecule has 0 aliphatic rings. The van der Waals surface area contributed by atoms with E-state index in [1.165, 1.54) is 0 Å². The molecule has 1 aromatic rings. The van der Waals surface area contributed by atoms with Crippen LogP contribution in [-0.2, 0) is 11.3 Å². The maximum Gasteiger partial charge on any atom is 0.250 e. The molecule has 0 fully saturated rings. The van der Waals surface area contributed by atoms with Crippen molar-refractivity contribution < 1.29 is 9.84 Å². The van der Waals surface area contributed by atoms with Gasteiger partial charge in [0.2, 0.25) is 0 Å². The Bertz CT molecular complexity index is 332. The first-order valence-corrected chi connectivity index (χ1v) is 4.60. The molecule has 4 heteroatoms. The van der Waals surface area contributed by atoms with Crippen molar-refractivity contribution >= 4 is 0 Å². The van der Waals surface area contributed by atoms with Crippen molar-refractivity contribution in [3.05, 3.63) is 34.2 Å². The molecule has 14 heavy (non-hydrogen) atoms. The highest BCUT2D eigenvalue weighted by atomic mass is 16.5. The van der Waals surface area contributed by atoms with Gasteiger partial charge in [-0.3, -0.25) is 4.79 Å². The topological polar surface area (TPSA) is 51.5 Å². The number of aliphatic hydroxyl groups is 1. The molecule has 0 saturated heterocycles. The van der Waals surface area contributed by atoms with E-state index in [0.717, 1.165) is 5.56 Å². The fourth-order valence-electron chi connectivity index (χ4n) is 1.12. The molecule has 78 valence electrons. The molecule has 0 aliphatic carbocycles. The van der Waals surface area contributed by atoms with Gasteiger partial charge in [-0.25, -0.2) is 0 Å². The molecule has 0 aromatic carbocycles. The molecular weight excluding hydrogens is 182 g/mol. The molecule has 1 heterocycles. The third-order valence-electron chi connectivity index (χ3n) is 1.86. The zero-order valence-corrected chi connectivity index (χ0v) is 8.27. The minimum absolute atomic E-state index is 0.0161. The van der Waals surface area contributed by atoms with Crippen LogP contribution < -0.4 is 5.56 Å². The van der Waals surface area contributed by atoms with Gasteiger partial charge in [0.25, 0.3) is 5.56 Å². The average molecular weight is 197 g/mol. The zero-order valence-electron chi connectivity index (χ0n) is 8.27. The molecular formula is C10H15NO3. The van der Waals surface area contributed by atoms with Crippen LogP contribution in [0.4, 0.5) is 0 Å². The number of hydrogen-bond acceptors (Lipinski definition) is 3. The number of aliphatic hydroxyl groups excluding tert-OH is 1. The van der Waals surface area contributed by atoms with Crippen molar-refractivity contribution in [1.82, 2.24) is 4.57 Å². The number of hydrogen-bond donors (Lipinski definition) is 1. The summed E-state index contributed by atoms with van der Waals surface area (Å²) in [6, 6.07) is 3.47. The van der Waals surface area contributed by atoms with Gasteiger partial charge in [0.1, 0.15) is 0 Å². The summed E-state index contributed by atoms with van der Waals surface area (Å²) in [6.45, 7) is 3.19. The number of aryl methyl sites for hydroxylation is 1. The first-order chi connectivity index (χ1) is 6.74. The fourth-order valence-corrected chi connectivity index (χ4v) is 1.12. The number of aromatic nitrogens is 1. The fraction of sp³-hybridized carbons (Fsp3) is 0.500. The molecule has 0 saturated carbocycles. The van der Waals surface area contributed by atoms with Crippen LogP contribution in [-0.4, -0.2) is 29.5 Å². The van der Waals surface area contributed by atoms with Gasteiger partial charge < -0.3 is 14.4 Å². The second-order valence-corrected chi connectivity index (χ2v) is 3.07. The minimum Gasteiger partial charge on any atom is -0.394 e. The average Bonchev–Trinajstić information content (AvgIpc) is 2.15. The van der Waals surface area contributed by atoms with Crippen LogP contribution in [0.2, 0.25) is 0 Å². The van der Waals surface area contributed by atoms with Crippen LogP contribution in [0.3, 0.4) is 0 Å². The Morgan fingerprint density at radius 1 is 1.50 bits per heavy atom. The van der Waals surface area contributed by atoms with E-state index in [0.29, 0.717) is 19.8 Å². The van der Waals surface area contributed by atoms with Crippen LogP contribution in [0.5, 0.6) is 0 Å². The molecule has 1 aromatic heterocycles. The maximum absolute atomic E-state index is 11.4. The highest BCUT2D eigenvalue weighted by molar-refractivity contribution is 5.07. The van der Waals surface area contributed by atoms with E-state index in [-0.39, 0.29) is 12.2 Å². The standard InChI is InChI=1S/C10H15NO3/c1-9-2-3-11(10(13)8-9)4-6-14-7-5-12/h2-3,8,12H,4-7H2,1H3. The Morgan fingerprint density at radius 3 is 2.93 bits per heavy atom. The molecule has 1 N–H and O–H groups in total. The summed E-state index contributed by atoms with van der Waals surface area (Å²) in [7, 11) is 0. The highest BCUT2D eigenvalue weighted by Gasteiger charge is 1.95. The molecule has 0 atom stereocenters. The second-order valence-electron chi connectivity index (χ2n) is 3.07. The van der Waals surface area contributed by atoms with Gasteiger partial charge >= 0.3 is 0 Å². The van der Waals surface area contributed by atoms with Crippen molar-refractivity contribution in [2.24, 2.45) is 0 Å². The zero-order chi connectivity index (χ0) is 10.4. The third kappa shape index (κ3) is 3.32. The van der Waals surface area contributed by atoms with E-state index >= 15 is 0 Å². The van der Waals surface area contributed by atoms with Gasteiger partial charge in [0, 0.05) is 18.8 Å². The van der Waals surface area contributed by atoms with Crippen molar-refractivity contribution in [3.8, 4) is 0 Å². The van der Waals surface area contributed by atoms with Crippen LogP contribution in [0, 0.1) is 6.92 Å². The Labute approximate surface area is 82.8 Å². The van der Waals surface area contributed by atoms with E-state index in [9.17, 15) is 4.79 Å². The van der Waals surface area contributed by atoms with Gasteiger partial charge in [0.15, 0.2) is 0 Å². The first-order valence-electron chi connectivity index (χ1n) is 4.60. The lowest BCUT2D eigenvalue weighted by atomic mass is 10.3. The molecule has 0 radical (unpaired) electrons. The number of ether oxygens (including phenoxy) is 1. The van der Waals surface area contributed by atoms with Crippen LogP contribution in [0.25, 0.3) is 0 Å². The van der Waals surface area contributed by atoms with Crippen LogP contribution in [0.1, 0.15) is 5.56 Å². The molecule has 0 bridgehead atoms. The number of nitrogens with zero attached hydrogens (tertiary/aromatic N) is 1. The second kappa shape index (κ2) is 5.57. The lowest BCUT2D eigenvalue weighted by Gasteiger charge is -2.05. The lowest BCUT2D eigenvalue weighted by Crippen LogP contribution is -2.21. The third-order valence-corrected chi connectivity index (χ3v) is 1.86. The summed E-state index contributed by atoms with van der Waals surface area (Å²) in [5, 5.41) is 8.46. The Morgan fingerprint density at radius 2 is 2.29 bits per heavy atom. The predicted molar refractivity (Wildman–Crippen MR) is 53.3 cm³/mol. The van der Waals surface area contributed by atoms with Crippen molar-refractivity contribution in [1.29, 1.82) is 0 Å². The van der Waals surface area contributed by atoms with Crippen LogP contribution in [0.15, 0.2) is 23.1 Å². The number of pyridine rings is 1. The molecule has 4 nitrogen and oxygen atoms in total. The summed E-state index contributed by atoms with van der Waals surface area (Å²) >= 11 is 0. The largest absolute Gasteiger partial charge is 0.394 e. The van der Waals surface area contributed by atoms with Crippen molar-refractivity contribution in [2.45, 2.75) is 13.5 Å². The summed E-state index contributed by atoms with van der Waals surface area (Å²) in [5.41, 5.74) is 0.945. The molecule has 0 spiro atoms. The number of rotatable bonds is 5. The maximum atomic E-state index is 11.4.